The summed E-state index contributed by atoms with van der Waals surface area (Å²) in [6.07, 6.45) is 2.61. The molecular weight excluding hydrogens is 226 g/mol. The van der Waals surface area contributed by atoms with Gasteiger partial charge in [0.1, 0.15) is 5.84 Å². The standard InChI is InChI=1S/C14H23N3O/c1-11-7-8-13(12(2)10-11)17(3)9-5-4-6-14(15)16-18/h7-8,10,18H,4-6,9H2,1-3H3,(H2,15,16). The smallest absolute Gasteiger partial charge is 0.139 e. The van der Waals surface area contributed by atoms with E-state index in [-0.39, 0.29) is 0 Å². The Morgan fingerprint density at radius 2 is 2.06 bits per heavy atom. The minimum absolute atomic E-state index is 0.309. The molecule has 18 heavy (non-hydrogen) atoms. The van der Waals surface area contributed by atoms with E-state index in [1.807, 2.05) is 0 Å². The topological polar surface area (TPSA) is 61.8 Å². The van der Waals surface area contributed by atoms with Gasteiger partial charge in [-0.1, -0.05) is 22.9 Å². The summed E-state index contributed by atoms with van der Waals surface area (Å²) in [5, 5.41) is 11.4. The summed E-state index contributed by atoms with van der Waals surface area (Å²) in [5.41, 5.74) is 9.28. The van der Waals surface area contributed by atoms with Crippen LogP contribution in [0.4, 0.5) is 5.69 Å². The molecule has 0 radical (unpaired) electrons. The summed E-state index contributed by atoms with van der Waals surface area (Å²) >= 11 is 0. The Bertz CT molecular complexity index is 416. The zero-order chi connectivity index (χ0) is 13.5. The second-order valence-electron chi connectivity index (χ2n) is 4.76. The first-order valence-corrected chi connectivity index (χ1v) is 6.29. The number of rotatable bonds is 6. The molecule has 0 saturated heterocycles. The molecule has 0 heterocycles. The Balaban J connectivity index is 2.43. The van der Waals surface area contributed by atoms with Crippen LogP contribution in [0.3, 0.4) is 0 Å². The molecule has 4 nitrogen and oxygen atoms in total. The van der Waals surface area contributed by atoms with Gasteiger partial charge in [-0.25, -0.2) is 0 Å². The molecule has 1 aromatic carbocycles. The minimum atomic E-state index is 0.309. The average molecular weight is 249 g/mol. The molecule has 0 bridgehead atoms. The third kappa shape index (κ3) is 4.28. The highest BCUT2D eigenvalue weighted by molar-refractivity contribution is 5.79. The van der Waals surface area contributed by atoms with Crippen LogP contribution < -0.4 is 10.6 Å². The molecule has 0 spiro atoms. The molecule has 0 atom stereocenters. The van der Waals surface area contributed by atoms with Crippen molar-refractivity contribution in [1.29, 1.82) is 0 Å². The van der Waals surface area contributed by atoms with Gasteiger partial charge in [-0.3, -0.25) is 0 Å². The van der Waals surface area contributed by atoms with Crippen molar-refractivity contribution in [3.8, 4) is 0 Å². The summed E-state index contributed by atoms with van der Waals surface area (Å²) in [5.74, 6) is 0.309. The third-order valence-corrected chi connectivity index (χ3v) is 3.07. The van der Waals surface area contributed by atoms with Gasteiger partial charge in [-0.05, 0) is 38.3 Å². The molecular formula is C14H23N3O. The molecule has 0 aromatic heterocycles. The number of aryl methyl sites for hydroxylation is 2. The van der Waals surface area contributed by atoms with Crippen LogP contribution in [0.1, 0.15) is 30.4 Å². The van der Waals surface area contributed by atoms with Crippen LogP contribution in [-0.2, 0) is 0 Å². The maximum absolute atomic E-state index is 8.44. The lowest BCUT2D eigenvalue weighted by atomic mass is 10.1. The number of nitrogens with zero attached hydrogens (tertiary/aromatic N) is 2. The molecule has 0 unspecified atom stereocenters. The maximum Gasteiger partial charge on any atom is 0.139 e. The summed E-state index contributed by atoms with van der Waals surface area (Å²) in [6, 6.07) is 6.49. The Morgan fingerprint density at radius 1 is 1.33 bits per heavy atom. The van der Waals surface area contributed by atoms with Gasteiger partial charge in [-0.15, -0.1) is 0 Å². The van der Waals surface area contributed by atoms with E-state index < -0.39 is 0 Å². The quantitative estimate of drug-likeness (QED) is 0.268. The van der Waals surface area contributed by atoms with Gasteiger partial charge < -0.3 is 15.8 Å². The molecule has 0 aliphatic carbocycles. The van der Waals surface area contributed by atoms with Crippen LogP contribution in [0.5, 0.6) is 0 Å². The van der Waals surface area contributed by atoms with Crippen molar-refractivity contribution in [1.82, 2.24) is 0 Å². The van der Waals surface area contributed by atoms with Crippen LogP contribution in [0, 0.1) is 13.8 Å². The fourth-order valence-corrected chi connectivity index (χ4v) is 2.06. The number of nitrogens with two attached hydrogens (primary N) is 1. The van der Waals surface area contributed by atoms with Crippen molar-refractivity contribution < 1.29 is 5.21 Å². The Hall–Kier alpha value is -1.71. The van der Waals surface area contributed by atoms with Gasteiger partial charge in [0.15, 0.2) is 0 Å². The van der Waals surface area contributed by atoms with Gasteiger partial charge in [0, 0.05) is 25.7 Å². The van der Waals surface area contributed by atoms with E-state index in [1.165, 1.54) is 16.8 Å². The number of hydrogen-bond acceptors (Lipinski definition) is 3. The number of hydrogen-bond donors (Lipinski definition) is 2. The summed E-state index contributed by atoms with van der Waals surface area (Å²) < 4.78 is 0. The Kier molecular flexibility index (Phi) is 5.49. The highest BCUT2D eigenvalue weighted by atomic mass is 16.4. The van der Waals surface area contributed by atoms with Gasteiger partial charge in [-0.2, -0.15) is 0 Å². The lowest BCUT2D eigenvalue weighted by molar-refractivity contribution is 0.316. The fourth-order valence-electron chi connectivity index (χ4n) is 2.06. The van der Waals surface area contributed by atoms with Crippen molar-refractivity contribution in [3.63, 3.8) is 0 Å². The third-order valence-electron chi connectivity index (χ3n) is 3.07. The zero-order valence-corrected chi connectivity index (χ0v) is 11.5. The summed E-state index contributed by atoms with van der Waals surface area (Å²) in [6.45, 7) is 5.21. The fraction of sp³-hybridized carbons (Fsp3) is 0.500. The molecule has 0 saturated carbocycles. The van der Waals surface area contributed by atoms with Crippen LogP contribution in [-0.4, -0.2) is 24.6 Å². The first-order chi connectivity index (χ1) is 8.54. The van der Waals surface area contributed by atoms with Crippen molar-refractivity contribution in [3.05, 3.63) is 29.3 Å². The van der Waals surface area contributed by atoms with Crippen LogP contribution in [0.2, 0.25) is 0 Å². The highest BCUT2D eigenvalue weighted by Gasteiger charge is 2.04. The maximum atomic E-state index is 8.44. The predicted octanol–water partition coefficient (Wildman–Crippen LogP) is 2.66. The van der Waals surface area contributed by atoms with Gasteiger partial charge in [0.25, 0.3) is 0 Å². The van der Waals surface area contributed by atoms with E-state index >= 15 is 0 Å². The second-order valence-corrected chi connectivity index (χ2v) is 4.76. The van der Waals surface area contributed by atoms with Gasteiger partial charge >= 0.3 is 0 Å². The normalized spacial score (nSPS) is 11.6. The Morgan fingerprint density at radius 3 is 2.67 bits per heavy atom. The first-order valence-electron chi connectivity index (χ1n) is 6.29. The average Bonchev–Trinajstić information content (AvgIpc) is 2.34. The van der Waals surface area contributed by atoms with Gasteiger partial charge in [0.2, 0.25) is 0 Å². The van der Waals surface area contributed by atoms with E-state index in [9.17, 15) is 0 Å². The molecule has 100 valence electrons. The number of anilines is 1. The van der Waals surface area contributed by atoms with E-state index in [2.05, 4.69) is 49.1 Å². The Labute approximate surface area is 109 Å². The minimum Gasteiger partial charge on any atom is -0.409 e. The lowest BCUT2D eigenvalue weighted by Gasteiger charge is -2.21. The molecule has 0 amide bonds. The monoisotopic (exact) mass is 249 g/mol. The van der Waals surface area contributed by atoms with Crippen molar-refractivity contribution in [2.75, 3.05) is 18.5 Å². The van der Waals surface area contributed by atoms with E-state index in [1.54, 1.807) is 0 Å². The molecule has 4 heteroatoms. The van der Waals surface area contributed by atoms with Crippen molar-refractivity contribution >= 4 is 11.5 Å². The van der Waals surface area contributed by atoms with E-state index in [4.69, 9.17) is 10.9 Å². The predicted molar refractivity (Wildman–Crippen MR) is 76.4 cm³/mol. The molecule has 0 aliphatic heterocycles. The SMILES string of the molecule is Cc1ccc(N(C)CCCCC(N)=NO)c(C)c1. The molecule has 1 aromatic rings. The van der Waals surface area contributed by atoms with E-state index in [0.29, 0.717) is 12.3 Å². The van der Waals surface area contributed by atoms with Gasteiger partial charge in [0.05, 0.1) is 0 Å². The number of unbranched alkanes of at least 4 members (excludes halogenated alkanes) is 1. The van der Waals surface area contributed by atoms with E-state index in [0.717, 1.165) is 19.4 Å². The van der Waals surface area contributed by atoms with Crippen molar-refractivity contribution in [2.45, 2.75) is 33.1 Å². The number of amidine groups is 1. The second kappa shape index (κ2) is 6.89. The molecule has 0 fully saturated rings. The molecule has 3 N–H and O–H groups in total. The van der Waals surface area contributed by atoms with Crippen LogP contribution in [0.25, 0.3) is 0 Å². The van der Waals surface area contributed by atoms with Crippen LogP contribution >= 0.6 is 0 Å². The number of oxime groups is 1. The molecule has 0 aliphatic rings. The largest absolute Gasteiger partial charge is 0.409 e. The zero-order valence-electron chi connectivity index (χ0n) is 11.5. The summed E-state index contributed by atoms with van der Waals surface area (Å²) in [7, 11) is 2.10. The van der Waals surface area contributed by atoms with Crippen LogP contribution in [0.15, 0.2) is 23.4 Å². The molecule has 1 rings (SSSR count). The number of benzene rings is 1. The lowest BCUT2D eigenvalue weighted by Crippen LogP contribution is -2.20. The first kappa shape index (κ1) is 14.4. The highest BCUT2D eigenvalue weighted by Crippen LogP contribution is 2.20. The van der Waals surface area contributed by atoms with Crippen molar-refractivity contribution in [2.24, 2.45) is 10.9 Å². The summed E-state index contributed by atoms with van der Waals surface area (Å²) in [4.78, 5) is 2.25.